The number of carbonyl (C=O) groups excluding carboxylic acids is 1. The number of halogens is 4. The molecule has 0 atom stereocenters. The first-order valence-electron chi connectivity index (χ1n) is 10.0. The summed E-state index contributed by atoms with van der Waals surface area (Å²) < 4.78 is 50.3. The normalized spacial score (nSPS) is 14.2. The van der Waals surface area contributed by atoms with Crippen molar-refractivity contribution in [2.45, 2.75) is 38.7 Å². The third-order valence-electron chi connectivity index (χ3n) is 5.38. The van der Waals surface area contributed by atoms with Crippen LogP contribution >= 0.6 is 11.6 Å². The van der Waals surface area contributed by atoms with Crippen LogP contribution in [0.2, 0.25) is 5.02 Å². The molecule has 0 bridgehead atoms. The van der Waals surface area contributed by atoms with Crippen molar-refractivity contribution >= 4 is 17.5 Å². The molecule has 0 fully saturated rings. The Labute approximate surface area is 189 Å². The number of aromatic nitrogens is 2. The van der Waals surface area contributed by atoms with E-state index in [9.17, 15) is 18.0 Å². The Morgan fingerprint density at radius 1 is 1.22 bits per heavy atom. The minimum atomic E-state index is -4.30. The highest BCUT2D eigenvalue weighted by atomic mass is 35.5. The summed E-state index contributed by atoms with van der Waals surface area (Å²) in [6, 6.07) is 3.48. The van der Waals surface area contributed by atoms with Gasteiger partial charge in [-0.15, -0.1) is 0 Å². The van der Waals surface area contributed by atoms with E-state index in [2.05, 4.69) is 10.00 Å². The average molecular weight is 475 g/mol. The number of benzene rings is 1. The number of ether oxygens (including phenoxy) is 2. The summed E-state index contributed by atoms with van der Waals surface area (Å²) in [6.45, 7) is 1.13. The van der Waals surface area contributed by atoms with E-state index in [-0.39, 0.29) is 18.1 Å². The van der Waals surface area contributed by atoms with E-state index in [1.165, 1.54) is 23.8 Å². The Balaban J connectivity index is 1.88. The van der Waals surface area contributed by atoms with Gasteiger partial charge in [0.15, 0.2) is 17.2 Å². The number of alkyl halides is 3. The van der Waals surface area contributed by atoms with E-state index in [4.69, 9.17) is 21.1 Å². The highest BCUT2D eigenvalue weighted by molar-refractivity contribution is 6.31. The smallest absolute Gasteiger partial charge is 0.390 e. The summed E-state index contributed by atoms with van der Waals surface area (Å²) in [5.41, 5.74) is 2.34. The first kappa shape index (κ1) is 24.2. The molecular weight excluding hydrogens is 449 g/mol. The summed E-state index contributed by atoms with van der Waals surface area (Å²) in [5.74, 6) is 0.734. The van der Waals surface area contributed by atoms with Crippen molar-refractivity contribution in [3.63, 3.8) is 0 Å². The number of amides is 1. The van der Waals surface area contributed by atoms with Gasteiger partial charge in [-0.05, 0) is 11.6 Å². The van der Waals surface area contributed by atoms with Crippen molar-refractivity contribution < 1.29 is 27.4 Å². The molecule has 1 aliphatic rings. The van der Waals surface area contributed by atoms with Gasteiger partial charge in [-0.3, -0.25) is 14.4 Å². The molecule has 0 N–H and O–H groups in total. The minimum Gasteiger partial charge on any atom is -0.493 e. The third-order valence-corrected chi connectivity index (χ3v) is 5.73. The van der Waals surface area contributed by atoms with Gasteiger partial charge >= 0.3 is 6.18 Å². The molecule has 3 rings (SSSR count). The molecule has 1 aromatic heterocycles. The van der Waals surface area contributed by atoms with Crippen LogP contribution in [-0.2, 0) is 26.1 Å². The second-order valence-electron chi connectivity index (χ2n) is 7.82. The van der Waals surface area contributed by atoms with Gasteiger partial charge in [0.2, 0.25) is 0 Å². The van der Waals surface area contributed by atoms with Crippen LogP contribution in [0.5, 0.6) is 11.5 Å². The zero-order chi connectivity index (χ0) is 23.6. The summed E-state index contributed by atoms with van der Waals surface area (Å²) in [5, 5.41) is 4.77. The maximum absolute atomic E-state index is 12.8. The van der Waals surface area contributed by atoms with Crippen molar-refractivity contribution in [3.8, 4) is 11.5 Å². The number of carbonyl (C=O) groups is 1. The van der Waals surface area contributed by atoms with Crippen LogP contribution in [-0.4, -0.2) is 66.5 Å². The summed E-state index contributed by atoms with van der Waals surface area (Å²) in [4.78, 5) is 16.1. The highest BCUT2D eigenvalue weighted by Crippen LogP contribution is 2.35. The lowest BCUT2D eigenvalue weighted by Gasteiger charge is -2.28. The van der Waals surface area contributed by atoms with E-state index in [0.717, 1.165) is 5.56 Å². The molecule has 1 amide bonds. The first-order chi connectivity index (χ1) is 15.0. The van der Waals surface area contributed by atoms with E-state index in [1.54, 1.807) is 26.2 Å². The fourth-order valence-electron chi connectivity index (χ4n) is 3.74. The van der Waals surface area contributed by atoms with Gasteiger partial charge in [0.05, 0.1) is 20.6 Å². The minimum absolute atomic E-state index is 0.190. The highest BCUT2D eigenvalue weighted by Gasteiger charge is 2.32. The molecule has 2 aromatic rings. The van der Waals surface area contributed by atoms with Crippen LogP contribution in [0.1, 0.15) is 33.7 Å². The van der Waals surface area contributed by atoms with Crippen LogP contribution in [0.4, 0.5) is 13.2 Å². The monoisotopic (exact) mass is 474 g/mol. The molecule has 2 heterocycles. The molecule has 0 saturated carbocycles. The number of nitrogens with zero attached hydrogens (tertiary/aromatic N) is 4. The topological polar surface area (TPSA) is 59.8 Å². The van der Waals surface area contributed by atoms with E-state index in [0.29, 0.717) is 53.8 Å². The standard InChI is InChI=1S/C21H26ClF3N4O3/c1-27(2)20(30)19-14-12-28(7-5-16(14)29(26-19)8-6-21(23,24)25)11-13-9-17(31-3)18(32-4)10-15(13)22/h9-10H,5-8,11-12H2,1-4H3. The molecule has 1 aliphatic heterocycles. The fourth-order valence-corrected chi connectivity index (χ4v) is 3.95. The molecule has 0 aliphatic carbocycles. The van der Waals surface area contributed by atoms with Crippen LogP contribution in [0.3, 0.4) is 0 Å². The van der Waals surface area contributed by atoms with E-state index >= 15 is 0 Å². The zero-order valence-electron chi connectivity index (χ0n) is 18.4. The van der Waals surface area contributed by atoms with E-state index in [1.807, 2.05) is 0 Å². The van der Waals surface area contributed by atoms with Crippen LogP contribution in [0.15, 0.2) is 12.1 Å². The second kappa shape index (κ2) is 9.58. The van der Waals surface area contributed by atoms with Crippen molar-refractivity contribution in [2.75, 3.05) is 34.9 Å². The lowest BCUT2D eigenvalue weighted by molar-refractivity contribution is -0.137. The number of rotatable bonds is 7. The van der Waals surface area contributed by atoms with Crippen molar-refractivity contribution in [2.24, 2.45) is 0 Å². The number of fused-ring (bicyclic) bond motifs is 1. The molecule has 176 valence electrons. The van der Waals surface area contributed by atoms with Crippen molar-refractivity contribution in [1.29, 1.82) is 0 Å². The van der Waals surface area contributed by atoms with Gasteiger partial charge in [0.1, 0.15) is 0 Å². The summed E-state index contributed by atoms with van der Waals surface area (Å²) in [7, 11) is 6.25. The number of methoxy groups -OCH3 is 2. The Kier molecular flexibility index (Phi) is 7.24. The Morgan fingerprint density at radius 2 is 1.88 bits per heavy atom. The number of hydrogen-bond acceptors (Lipinski definition) is 5. The number of aryl methyl sites for hydroxylation is 1. The quantitative estimate of drug-likeness (QED) is 0.611. The lowest BCUT2D eigenvalue weighted by Crippen LogP contribution is -2.32. The van der Waals surface area contributed by atoms with Crippen molar-refractivity contribution in [1.82, 2.24) is 19.6 Å². The maximum atomic E-state index is 12.8. The van der Waals surface area contributed by atoms with E-state index < -0.39 is 12.6 Å². The Morgan fingerprint density at radius 3 is 2.47 bits per heavy atom. The molecule has 0 unspecified atom stereocenters. The van der Waals surface area contributed by atoms with Gasteiger partial charge in [-0.1, -0.05) is 11.6 Å². The number of hydrogen-bond donors (Lipinski definition) is 0. The molecule has 7 nitrogen and oxygen atoms in total. The predicted molar refractivity (Wildman–Crippen MR) is 113 cm³/mol. The van der Waals surface area contributed by atoms with Gasteiger partial charge in [0, 0.05) is 69.0 Å². The molecule has 0 saturated heterocycles. The van der Waals surface area contributed by atoms with Gasteiger partial charge in [0.25, 0.3) is 5.91 Å². The van der Waals surface area contributed by atoms with Crippen LogP contribution in [0, 0.1) is 0 Å². The van der Waals surface area contributed by atoms with Crippen molar-refractivity contribution in [3.05, 3.63) is 39.7 Å². The summed E-state index contributed by atoms with van der Waals surface area (Å²) >= 11 is 6.42. The maximum Gasteiger partial charge on any atom is 0.390 e. The average Bonchev–Trinajstić information content (AvgIpc) is 3.10. The van der Waals surface area contributed by atoms with Crippen LogP contribution < -0.4 is 9.47 Å². The van der Waals surface area contributed by atoms with Gasteiger partial charge in [-0.2, -0.15) is 18.3 Å². The summed E-state index contributed by atoms with van der Waals surface area (Å²) in [6.07, 6.45) is -4.82. The largest absolute Gasteiger partial charge is 0.493 e. The van der Waals surface area contributed by atoms with Gasteiger partial charge in [-0.25, -0.2) is 0 Å². The third kappa shape index (κ3) is 5.29. The molecule has 32 heavy (non-hydrogen) atoms. The Hall–Kier alpha value is -2.46. The zero-order valence-corrected chi connectivity index (χ0v) is 19.2. The molecule has 0 radical (unpaired) electrons. The van der Waals surface area contributed by atoms with Crippen LogP contribution in [0.25, 0.3) is 0 Å². The SMILES string of the molecule is COc1cc(Cl)c(CN2CCc3c(c(C(=O)N(C)C)nn3CCC(F)(F)F)C2)cc1OC. The predicted octanol–water partition coefficient (Wildman–Crippen LogP) is 3.77. The molecule has 0 spiro atoms. The van der Waals surface area contributed by atoms with Gasteiger partial charge < -0.3 is 14.4 Å². The Bertz CT molecular complexity index is 992. The molecule has 1 aromatic carbocycles. The lowest BCUT2D eigenvalue weighted by atomic mass is 10.0. The first-order valence-corrected chi connectivity index (χ1v) is 10.4. The molecular formula is C21H26ClF3N4O3. The second-order valence-corrected chi connectivity index (χ2v) is 8.23. The fraction of sp³-hybridized carbons (Fsp3) is 0.524. The molecule has 11 heteroatoms.